The molecule has 0 N–H and O–H groups in total. The Kier molecular flexibility index (Phi) is 7.39. The number of hydrogen-bond donors (Lipinski definition) is 0. The quantitative estimate of drug-likeness (QED) is 0.579. The van der Waals surface area contributed by atoms with Gasteiger partial charge in [-0.1, -0.05) is 6.92 Å². The topological polar surface area (TPSA) is 79.8 Å². The Morgan fingerprint density at radius 1 is 1.16 bits per heavy atom. The number of fused-ring (bicyclic) bond motifs is 1. The largest absolute Gasteiger partial charge is 0.479 e. The summed E-state index contributed by atoms with van der Waals surface area (Å²) in [6.45, 7) is 6.54. The van der Waals surface area contributed by atoms with E-state index in [0.717, 1.165) is 12.0 Å². The zero-order valence-corrected chi connectivity index (χ0v) is 18.3. The summed E-state index contributed by atoms with van der Waals surface area (Å²) in [4.78, 5) is 45.5. The maximum absolute atomic E-state index is 13.1. The SMILES string of the molecule is CCCC(=O)c1ccc2c(c1)N(CC(=O)N(CC)CCc1ccncc1)C(=O)C(C)O2. The fourth-order valence-corrected chi connectivity index (χ4v) is 3.62. The van der Waals surface area contributed by atoms with Crippen molar-refractivity contribution in [3.63, 3.8) is 0 Å². The summed E-state index contributed by atoms with van der Waals surface area (Å²) in [6, 6.07) is 8.94. The van der Waals surface area contributed by atoms with Gasteiger partial charge in [0.2, 0.25) is 5.91 Å². The molecule has 7 nitrogen and oxygen atoms in total. The minimum atomic E-state index is -0.690. The first-order valence-electron chi connectivity index (χ1n) is 10.8. The highest BCUT2D eigenvalue weighted by Crippen LogP contribution is 2.35. The van der Waals surface area contributed by atoms with Crippen LogP contribution < -0.4 is 9.64 Å². The van der Waals surface area contributed by atoms with Gasteiger partial charge in [0, 0.05) is 37.5 Å². The number of carbonyl (C=O) groups excluding carboxylic acids is 3. The van der Waals surface area contributed by atoms with E-state index in [4.69, 9.17) is 4.74 Å². The van der Waals surface area contributed by atoms with E-state index in [2.05, 4.69) is 4.98 Å². The zero-order valence-electron chi connectivity index (χ0n) is 18.3. The smallest absolute Gasteiger partial charge is 0.268 e. The molecule has 0 bridgehead atoms. The molecule has 1 aliphatic heterocycles. The van der Waals surface area contributed by atoms with E-state index in [1.807, 2.05) is 26.0 Å². The molecular weight excluding hydrogens is 394 g/mol. The van der Waals surface area contributed by atoms with E-state index < -0.39 is 6.10 Å². The van der Waals surface area contributed by atoms with Crippen LogP contribution in [0.3, 0.4) is 0 Å². The van der Waals surface area contributed by atoms with Crippen LogP contribution in [0.2, 0.25) is 0 Å². The van der Waals surface area contributed by atoms with Crippen LogP contribution in [0.15, 0.2) is 42.7 Å². The number of ketones is 1. The summed E-state index contributed by atoms with van der Waals surface area (Å²) in [5.41, 5.74) is 2.10. The Bertz CT molecular complexity index is 945. The number of anilines is 1. The Hall–Kier alpha value is -3.22. The molecule has 2 aromatic rings. The van der Waals surface area contributed by atoms with E-state index in [-0.39, 0.29) is 24.1 Å². The minimum absolute atomic E-state index is 0.00943. The van der Waals surface area contributed by atoms with Crippen molar-refractivity contribution in [3.05, 3.63) is 53.9 Å². The number of ether oxygens (including phenoxy) is 1. The molecule has 0 spiro atoms. The molecule has 0 saturated heterocycles. The number of rotatable bonds is 9. The van der Waals surface area contributed by atoms with Gasteiger partial charge >= 0.3 is 0 Å². The van der Waals surface area contributed by atoms with Crippen LogP contribution in [0, 0.1) is 0 Å². The minimum Gasteiger partial charge on any atom is -0.479 e. The van der Waals surface area contributed by atoms with Crippen molar-refractivity contribution < 1.29 is 19.1 Å². The van der Waals surface area contributed by atoms with Gasteiger partial charge in [0.25, 0.3) is 5.91 Å². The van der Waals surface area contributed by atoms with Crippen LogP contribution in [-0.2, 0) is 16.0 Å². The highest BCUT2D eigenvalue weighted by molar-refractivity contribution is 6.05. The van der Waals surface area contributed by atoms with E-state index in [9.17, 15) is 14.4 Å². The molecule has 0 fully saturated rings. The molecule has 2 heterocycles. The monoisotopic (exact) mass is 423 g/mol. The van der Waals surface area contributed by atoms with Gasteiger partial charge < -0.3 is 9.64 Å². The fraction of sp³-hybridized carbons (Fsp3) is 0.417. The number of Topliss-reactive ketones (excluding diaryl/α,β-unsaturated/α-hetero) is 1. The van der Waals surface area contributed by atoms with Crippen molar-refractivity contribution in [3.8, 4) is 5.75 Å². The second kappa shape index (κ2) is 10.2. The lowest BCUT2D eigenvalue weighted by Crippen LogP contribution is -2.50. The molecule has 0 aliphatic carbocycles. The van der Waals surface area contributed by atoms with Crippen LogP contribution in [0.25, 0.3) is 0 Å². The third-order valence-electron chi connectivity index (χ3n) is 5.41. The second-order valence-electron chi connectivity index (χ2n) is 7.62. The number of amides is 2. The molecule has 1 unspecified atom stereocenters. The summed E-state index contributed by atoms with van der Waals surface area (Å²) >= 11 is 0. The summed E-state index contributed by atoms with van der Waals surface area (Å²) in [7, 11) is 0. The average Bonchev–Trinajstić information content (AvgIpc) is 2.78. The normalized spacial score (nSPS) is 15.3. The Morgan fingerprint density at radius 3 is 2.58 bits per heavy atom. The number of benzene rings is 1. The molecule has 31 heavy (non-hydrogen) atoms. The second-order valence-corrected chi connectivity index (χ2v) is 7.62. The van der Waals surface area contributed by atoms with E-state index in [0.29, 0.717) is 42.9 Å². The molecule has 1 atom stereocenters. The number of hydrogen-bond acceptors (Lipinski definition) is 5. The lowest BCUT2D eigenvalue weighted by Gasteiger charge is -2.34. The van der Waals surface area contributed by atoms with Crippen LogP contribution >= 0.6 is 0 Å². The van der Waals surface area contributed by atoms with Gasteiger partial charge in [-0.2, -0.15) is 0 Å². The highest BCUT2D eigenvalue weighted by Gasteiger charge is 2.34. The fourth-order valence-electron chi connectivity index (χ4n) is 3.62. The first-order chi connectivity index (χ1) is 14.9. The third kappa shape index (κ3) is 5.29. The molecule has 1 aromatic heterocycles. The molecule has 3 rings (SSSR count). The summed E-state index contributed by atoms with van der Waals surface area (Å²) in [5.74, 6) is 0.0873. The number of aromatic nitrogens is 1. The molecule has 7 heteroatoms. The van der Waals surface area contributed by atoms with Gasteiger partial charge in [0.1, 0.15) is 12.3 Å². The summed E-state index contributed by atoms with van der Waals surface area (Å²) in [5, 5.41) is 0. The van der Waals surface area contributed by atoms with Crippen molar-refractivity contribution in [1.82, 2.24) is 9.88 Å². The average molecular weight is 424 g/mol. The van der Waals surface area contributed by atoms with E-state index in [1.54, 1.807) is 42.4 Å². The van der Waals surface area contributed by atoms with Gasteiger partial charge in [-0.3, -0.25) is 24.3 Å². The number of nitrogens with zero attached hydrogens (tertiary/aromatic N) is 3. The molecular formula is C24H29N3O4. The standard InChI is InChI=1S/C24H29N3O4/c1-4-6-21(28)19-7-8-22-20(15-19)27(24(30)17(3)31-22)16-23(29)26(5-2)14-11-18-9-12-25-13-10-18/h7-10,12-13,15,17H,4-6,11,14,16H2,1-3H3. The van der Waals surface area contributed by atoms with Gasteiger partial charge in [-0.25, -0.2) is 0 Å². The third-order valence-corrected chi connectivity index (χ3v) is 5.41. The van der Waals surface area contributed by atoms with E-state index in [1.165, 1.54) is 4.90 Å². The van der Waals surface area contributed by atoms with Crippen LogP contribution in [-0.4, -0.2) is 53.2 Å². The predicted molar refractivity (Wildman–Crippen MR) is 118 cm³/mol. The van der Waals surface area contributed by atoms with Crippen molar-refractivity contribution in [2.45, 2.75) is 46.1 Å². The predicted octanol–water partition coefficient (Wildman–Crippen LogP) is 3.27. The van der Waals surface area contributed by atoms with Crippen molar-refractivity contribution in [2.75, 3.05) is 24.5 Å². The molecule has 164 valence electrons. The van der Waals surface area contributed by atoms with Gasteiger partial charge in [0.05, 0.1) is 5.69 Å². The van der Waals surface area contributed by atoms with E-state index >= 15 is 0 Å². The maximum Gasteiger partial charge on any atom is 0.268 e. The highest BCUT2D eigenvalue weighted by atomic mass is 16.5. The number of likely N-dealkylation sites (N-methyl/N-ethyl adjacent to an activating group) is 1. The zero-order chi connectivity index (χ0) is 22.4. The summed E-state index contributed by atoms with van der Waals surface area (Å²) < 4.78 is 5.71. The Morgan fingerprint density at radius 2 is 1.90 bits per heavy atom. The first kappa shape index (κ1) is 22.5. The molecule has 0 saturated carbocycles. The Labute approximate surface area is 183 Å². The molecule has 0 radical (unpaired) electrons. The van der Waals surface area contributed by atoms with Gasteiger partial charge in [-0.15, -0.1) is 0 Å². The first-order valence-corrected chi connectivity index (χ1v) is 10.8. The molecule has 2 amide bonds. The van der Waals surface area contributed by atoms with Gasteiger partial charge in [0.15, 0.2) is 11.9 Å². The van der Waals surface area contributed by atoms with Crippen molar-refractivity contribution in [1.29, 1.82) is 0 Å². The van der Waals surface area contributed by atoms with Crippen molar-refractivity contribution in [2.24, 2.45) is 0 Å². The van der Waals surface area contributed by atoms with Crippen LogP contribution in [0.4, 0.5) is 5.69 Å². The lowest BCUT2D eigenvalue weighted by atomic mass is 10.0. The number of carbonyl (C=O) groups is 3. The van der Waals surface area contributed by atoms with Crippen LogP contribution in [0.1, 0.15) is 49.5 Å². The maximum atomic E-state index is 13.1. The van der Waals surface area contributed by atoms with Gasteiger partial charge in [-0.05, 0) is 62.6 Å². The van der Waals surface area contributed by atoms with Crippen molar-refractivity contribution >= 4 is 23.3 Å². The van der Waals surface area contributed by atoms with Crippen LogP contribution in [0.5, 0.6) is 5.75 Å². The number of pyridine rings is 1. The molecule has 1 aliphatic rings. The Balaban J connectivity index is 1.78. The molecule has 1 aromatic carbocycles. The summed E-state index contributed by atoms with van der Waals surface area (Å²) in [6.07, 6.45) is 4.66. The lowest BCUT2D eigenvalue weighted by molar-refractivity contribution is -0.133.